The van der Waals surface area contributed by atoms with Crippen LogP contribution in [0.4, 0.5) is 0 Å². The van der Waals surface area contributed by atoms with Crippen LogP contribution in [0.5, 0.6) is 5.75 Å². The highest BCUT2D eigenvalue weighted by atomic mass is 79.9. The number of rotatable bonds is 3. The smallest absolute Gasteiger partial charge is 0.339 e. The average molecular weight is 397 g/mol. The van der Waals surface area contributed by atoms with E-state index in [1.165, 1.54) is 7.11 Å². The fourth-order valence-electron chi connectivity index (χ4n) is 2.98. The number of halogens is 1. The summed E-state index contributed by atoms with van der Waals surface area (Å²) < 4.78 is 11.8. The van der Waals surface area contributed by atoms with Gasteiger partial charge in [0.05, 0.1) is 11.6 Å². The second kappa shape index (κ2) is 5.93. The average Bonchev–Trinajstić information content (AvgIpc) is 3.05. The molecule has 0 saturated heterocycles. The number of benzene rings is 3. The van der Waals surface area contributed by atoms with Crippen LogP contribution in [0.15, 0.2) is 63.5 Å². The van der Waals surface area contributed by atoms with Gasteiger partial charge >= 0.3 is 5.97 Å². The third kappa shape index (κ3) is 2.57. The summed E-state index contributed by atoms with van der Waals surface area (Å²) in [5.41, 5.74) is 1.82. The van der Waals surface area contributed by atoms with Crippen LogP contribution in [-0.4, -0.2) is 18.2 Å². The molecule has 0 fully saturated rings. The van der Waals surface area contributed by atoms with Gasteiger partial charge in [0.1, 0.15) is 22.7 Å². The maximum absolute atomic E-state index is 11.5. The molecule has 0 aliphatic heterocycles. The van der Waals surface area contributed by atoms with Crippen LogP contribution in [-0.2, 0) is 0 Å². The number of carboxylic acids is 1. The van der Waals surface area contributed by atoms with Crippen molar-refractivity contribution in [1.82, 2.24) is 0 Å². The Morgan fingerprint density at radius 1 is 1.08 bits per heavy atom. The van der Waals surface area contributed by atoms with Crippen LogP contribution in [0.3, 0.4) is 0 Å². The first-order valence-electron chi connectivity index (χ1n) is 7.61. The van der Waals surface area contributed by atoms with E-state index in [0.717, 1.165) is 33.1 Å². The molecule has 0 aliphatic carbocycles. The minimum atomic E-state index is -1.03. The number of carbonyl (C=O) groups is 1. The van der Waals surface area contributed by atoms with Gasteiger partial charge in [-0.15, -0.1) is 0 Å². The van der Waals surface area contributed by atoms with Crippen LogP contribution in [0.25, 0.3) is 33.1 Å². The summed E-state index contributed by atoms with van der Waals surface area (Å²) >= 11 is 3.46. The first-order valence-corrected chi connectivity index (χ1v) is 8.40. The van der Waals surface area contributed by atoms with Crippen molar-refractivity contribution in [2.75, 3.05) is 7.11 Å². The maximum atomic E-state index is 11.5. The van der Waals surface area contributed by atoms with Crippen LogP contribution in [0.2, 0.25) is 0 Å². The molecule has 1 heterocycles. The van der Waals surface area contributed by atoms with E-state index >= 15 is 0 Å². The third-order valence-electron chi connectivity index (χ3n) is 4.18. The summed E-state index contributed by atoms with van der Waals surface area (Å²) in [5, 5.41) is 12.1. The Bertz CT molecular complexity index is 1090. The lowest BCUT2D eigenvalue weighted by Gasteiger charge is -2.11. The summed E-state index contributed by atoms with van der Waals surface area (Å²) in [6.07, 6.45) is 0. The van der Waals surface area contributed by atoms with E-state index in [1.807, 2.05) is 48.5 Å². The first-order chi connectivity index (χ1) is 12.1. The Labute approximate surface area is 151 Å². The van der Waals surface area contributed by atoms with Gasteiger partial charge in [-0.05, 0) is 51.0 Å². The van der Waals surface area contributed by atoms with Gasteiger partial charge in [0.25, 0.3) is 0 Å². The largest absolute Gasteiger partial charge is 0.495 e. The SMILES string of the molecule is COc1c(C(=O)O)cc2cc(-c3cc4ccccc4o3)ccc2c1Br. The molecule has 0 bridgehead atoms. The zero-order valence-electron chi connectivity index (χ0n) is 13.2. The molecular weight excluding hydrogens is 384 g/mol. The number of carboxylic acid groups (broad SMARTS) is 1. The highest BCUT2D eigenvalue weighted by molar-refractivity contribution is 9.10. The van der Waals surface area contributed by atoms with Crippen LogP contribution in [0, 0.1) is 0 Å². The fourth-order valence-corrected chi connectivity index (χ4v) is 3.72. The lowest BCUT2D eigenvalue weighted by atomic mass is 10.0. The summed E-state index contributed by atoms with van der Waals surface area (Å²) in [6, 6.07) is 17.2. The second-order valence-electron chi connectivity index (χ2n) is 5.66. The molecule has 4 aromatic rings. The number of para-hydroxylation sites is 1. The quantitative estimate of drug-likeness (QED) is 0.480. The molecule has 1 aromatic heterocycles. The number of hydrogen-bond acceptors (Lipinski definition) is 3. The summed E-state index contributed by atoms with van der Waals surface area (Å²) in [5.74, 6) is 0.0250. The van der Waals surface area contributed by atoms with E-state index in [0.29, 0.717) is 10.2 Å². The minimum absolute atomic E-state index is 0.114. The van der Waals surface area contributed by atoms with Crippen molar-refractivity contribution in [3.05, 3.63) is 64.6 Å². The molecule has 3 aromatic carbocycles. The minimum Gasteiger partial charge on any atom is -0.495 e. The zero-order valence-corrected chi connectivity index (χ0v) is 14.8. The van der Waals surface area contributed by atoms with Crippen LogP contribution >= 0.6 is 15.9 Å². The van der Waals surface area contributed by atoms with Crippen LogP contribution < -0.4 is 4.74 Å². The molecule has 0 unspecified atom stereocenters. The highest BCUT2D eigenvalue weighted by Crippen LogP contribution is 2.38. The number of furan rings is 1. The van der Waals surface area contributed by atoms with E-state index in [9.17, 15) is 9.90 Å². The van der Waals surface area contributed by atoms with Gasteiger partial charge in [0.2, 0.25) is 0 Å². The molecule has 4 nitrogen and oxygen atoms in total. The number of ether oxygens (including phenoxy) is 1. The van der Waals surface area contributed by atoms with Gasteiger partial charge in [-0.2, -0.15) is 0 Å². The monoisotopic (exact) mass is 396 g/mol. The number of aromatic carboxylic acids is 1. The van der Waals surface area contributed by atoms with Crippen LogP contribution in [0.1, 0.15) is 10.4 Å². The zero-order chi connectivity index (χ0) is 17.6. The van der Waals surface area contributed by atoms with E-state index in [2.05, 4.69) is 15.9 Å². The maximum Gasteiger partial charge on any atom is 0.339 e. The summed E-state index contributed by atoms with van der Waals surface area (Å²) in [6.45, 7) is 0. The molecule has 4 rings (SSSR count). The van der Waals surface area contributed by atoms with Gasteiger partial charge in [-0.1, -0.05) is 30.3 Å². The Hall–Kier alpha value is -2.79. The topological polar surface area (TPSA) is 59.7 Å². The Kier molecular flexibility index (Phi) is 3.73. The molecule has 124 valence electrons. The lowest BCUT2D eigenvalue weighted by Crippen LogP contribution is -2.01. The Balaban J connectivity index is 1.94. The van der Waals surface area contributed by atoms with Gasteiger partial charge in [-0.3, -0.25) is 0 Å². The molecule has 0 atom stereocenters. The molecule has 0 aliphatic rings. The van der Waals surface area contributed by atoms with Crippen molar-refractivity contribution in [2.45, 2.75) is 0 Å². The highest BCUT2D eigenvalue weighted by Gasteiger charge is 2.18. The molecule has 25 heavy (non-hydrogen) atoms. The standard InChI is InChI=1S/C20H13BrO4/c1-24-19-15(20(22)23)9-13-8-12(6-7-14(13)18(19)21)17-10-11-4-2-3-5-16(11)25-17/h2-10H,1H3,(H,22,23). The van der Waals surface area contributed by atoms with E-state index in [4.69, 9.17) is 9.15 Å². The van der Waals surface area contributed by atoms with Crippen molar-refractivity contribution in [3.63, 3.8) is 0 Å². The molecular formula is C20H13BrO4. The predicted octanol–water partition coefficient (Wildman–Crippen LogP) is 5.72. The number of hydrogen-bond donors (Lipinski definition) is 1. The van der Waals surface area contributed by atoms with Crippen molar-refractivity contribution < 1.29 is 19.1 Å². The molecule has 0 saturated carbocycles. The second-order valence-corrected chi connectivity index (χ2v) is 6.45. The molecule has 0 radical (unpaired) electrons. The molecule has 1 N–H and O–H groups in total. The fraction of sp³-hybridized carbons (Fsp3) is 0.0500. The predicted molar refractivity (Wildman–Crippen MR) is 100 cm³/mol. The van der Waals surface area contributed by atoms with Gasteiger partial charge in [-0.25, -0.2) is 4.79 Å². The van der Waals surface area contributed by atoms with E-state index in [-0.39, 0.29) is 5.56 Å². The number of methoxy groups -OCH3 is 1. The summed E-state index contributed by atoms with van der Waals surface area (Å²) in [7, 11) is 1.46. The molecule has 0 spiro atoms. The van der Waals surface area contributed by atoms with Gasteiger partial charge in [0.15, 0.2) is 0 Å². The first kappa shape index (κ1) is 15.7. The third-order valence-corrected chi connectivity index (χ3v) is 4.96. The lowest BCUT2D eigenvalue weighted by molar-refractivity contribution is 0.0693. The van der Waals surface area contributed by atoms with E-state index < -0.39 is 5.97 Å². The van der Waals surface area contributed by atoms with Gasteiger partial charge < -0.3 is 14.3 Å². The Morgan fingerprint density at radius 2 is 1.88 bits per heavy atom. The van der Waals surface area contributed by atoms with Crippen molar-refractivity contribution in [1.29, 1.82) is 0 Å². The normalized spacial score (nSPS) is 11.1. The molecule has 0 amide bonds. The van der Waals surface area contributed by atoms with Crippen molar-refractivity contribution >= 4 is 43.6 Å². The number of fused-ring (bicyclic) bond motifs is 2. The van der Waals surface area contributed by atoms with Gasteiger partial charge in [0, 0.05) is 10.9 Å². The van der Waals surface area contributed by atoms with E-state index in [1.54, 1.807) is 6.07 Å². The van der Waals surface area contributed by atoms with Crippen molar-refractivity contribution in [2.24, 2.45) is 0 Å². The Morgan fingerprint density at radius 3 is 2.60 bits per heavy atom. The summed E-state index contributed by atoms with van der Waals surface area (Å²) in [4.78, 5) is 11.5. The molecule has 5 heteroatoms. The van der Waals surface area contributed by atoms with Crippen molar-refractivity contribution in [3.8, 4) is 17.1 Å².